The zero-order chi connectivity index (χ0) is 13.9. The molecule has 3 aromatic rings. The van der Waals surface area contributed by atoms with E-state index in [2.05, 4.69) is 20.3 Å². The van der Waals surface area contributed by atoms with Gasteiger partial charge in [0.05, 0.1) is 25.0 Å². The van der Waals surface area contributed by atoms with Crippen LogP contribution in [0.5, 0.6) is 5.75 Å². The summed E-state index contributed by atoms with van der Waals surface area (Å²) in [6, 6.07) is 7.44. The predicted octanol–water partition coefficient (Wildman–Crippen LogP) is 2.16. The minimum Gasteiger partial charge on any atom is -0.497 e. The number of benzene rings is 1. The van der Waals surface area contributed by atoms with E-state index in [0.717, 1.165) is 22.5 Å². The normalized spacial score (nSPS) is 10.7. The Morgan fingerprint density at radius 1 is 1.35 bits per heavy atom. The number of nitrogens with zero attached hydrogens (tertiary/aromatic N) is 2. The average Bonchev–Trinajstić information content (AvgIpc) is 2.93. The lowest BCUT2D eigenvalue weighted by Crippen LogP contribution is -2.06. The monoisotopic (exact) mass is 269 g/mol. The van der Waals surface area contributed by atoms with Crippen LogP contribution in [0.4, 0.5) is 11.4 Å². The fourth-order valence-corrected chi connectivity index (χ4v) is 1.96. The van der Waals surface area contributed by atoms with E-state index in [4.69, 9.17) is 10.5 Å². The number of methoxy groups -OCH3 is 1. The number of nitrogens with two attached hydrogens (primary N) is 1. The summed E-state index contributed by atoms with van der Waals surface area (Å²) < 4.78 is 5.12. The first-order valence-electron chi connectivity index (χ1n) is 6.22. The van der Waals surface area contributed by atoms with E-state index >= 15 is 0 Å². The topological polar surface area (TPSA) is 88.8 Å². The van der Waals surface area contributed by atoms with Crippen molar-refractivity contribution in [2.45, 2.75) is 6.54 Å². The lowest BCUT2D eigenvalue weighted by atomic mass is 10.2. The van der Waals surface area contributed by atoms with Gasteiger partial charge in [-0.15, -0.1) is 0 Å². The van der Waals surface area contributed by atoms with Crippen molar-refractivity contribution in [3.63, 3.8) is 0 Å². The Morgan fingerprint density at radius 2 is 2.25 bits per heavy atom. The van der Waals surface area contributed by atoms with Crippen molar-refractivity contribution < 1.29 is 4.74 Å². The summed E-state index contributed by atoms with van der Waals surface area (Å²) in [6.07, 6.45) is 3.64. The maximum Gasteiger partial charge on any atom is 0.149 e. The highest BCUT2D eigenvalue weighted by Gasteiger charge is 2.04. The van der Waals surface area contributed by atoms with Gasteiger partial charge in [0.2, 0.25) is 0 Å². The van der Waals surface area contributed by atoms with Crippen molar-refractivity contribution in [2.75, 3.05) is 18.2 Å². The highest BCUT2D eigenvalue weighted by atomic mass is 16.5. The summed E-state index contributed by atoms with van der Waals surface area (Å²) in [5.74, 6) is 1.44. The molecule has 0 aliphatic carbocycles. The third-order valence-corrected chi connectivity index (χ3v) is 3.05. The minimum absolute atomic E-state index is 0.505. The molecule has 6 heteroatoms. The molecule has 3 rings (SSSR count). The molecule has 0 aliphatic rings. The van der Waals surface area contributed by atoms with Crippen LogP contribution in [0.15, 0.2) is 36.7 Å². The molecule has 2 heterocycles. The maximum atomic E-state index is 5.95. The number of nitrogens with one attached hydrogen (secondary N) is 2. The summed E-state index contributed by atoms with van der Waals surface area (Å²) >= 11 is 0. The number of rotatable bonds is 4. The Kier molecular flexibility index (Phi) is 3.12. The smallest absolute Gasteiger partial charge is 0.149 e. The van der Waals surface area contributed by atoms with Crippen LogP contribution in [0.2, 0.25) is 0 Å². The Labute approximate surface area is 116 Å². The molecule has 4 N–H and O–H groups in total. The first-order chi connectivity index (χ1) is 9.76. The number of H-pyrrole nitrogens is 1. The molecule has 0 amide bonds. The Morgan fingerprint density at radius 3 is 3.05 bits per heavy atom. The summed E-state index contributed by atoms with van der Waals surface area (Å²) in [6.45, 7) is 0.505. The molecule has 0 fully saturated rings. The third kappa shape index (κ3) is 2.35. The van der Waals surface area contributed by atoms with Gasteiger partial charge in [-0.25, -0.2) is 9.97 Å². The van der Waals surface area contributed by atoms with E-state index in [9.17, 15) is 0 Å². The first-order valence-corrected chi connectivity index (χ1v) is 6.22. The molecule has 0 atom stereocenters. The molecule has 0 saturated carbocycles. The lowest BCUT2D eigenvalue weighted by molar-refractivity contribution is 0.415. The number of nitrogen functional groups attached to an aromatic ring is 1. The van der Waals surface area contributed by atoms with Crippen LogP contribution < -0.4 is 15.8 Å². The van der Waals surface area contributed by atoms with E-state index in [-0.39, 0.29) is 0 Å². The molecular weight excluding hydrogens is 254 g/mol. The highest BCUT2D eigenvalue weighted by molar-refractivity contribution is 5.74. The quantitative estimate of drug-likeness (QED) is 0.632. The third-order valence-electron chi connectivity index (χ3n) is 3.05. The van der Waals surface area contributed by atoms with Gasteiger partial charge in [0.25, 0.3) is 0 Å². The lowest BCUT2D eigenvalue weighted by Gasteiger charge is -2.10. The second-order valence-corrected chi connectivity index (χ2v) is 4.37. The van der Waals surface area contributed by atoms with Gasteiger partial charge in [-0.1, -0.05) is 0 Å². The van der Waals surface area contributed by atoms with Gasteiger partial charge in [0.15, 0.2) is 0 Å². The maximum absolute atomic E-state index is 5.95. The van der Waals surface area contributed by atoms with E-state index in [0.29, 0.717) is 18.1 Å². The summed E-state index contributed by atoms with van der Waals surface area (Å²) in [4.78, 5) is 11.8. The van der Waals surface area contributed by atoms with Crippen LogP contribution in [0.3, 0.4) is 0 Å². The fourth-order valence-electron chi connectivity index (χ4n) is 1.96. The summed E-state index contributed by atoms with van der Waals surface area (Å²) in [5.41, 5.74) is 8.24. The molecule has 0 aliphatic heterocycles. The zero-order valence-electron chi connectivity index (χ0n) is 11.1. The number of ether oxygens (including phenoxy) is 1. The molecule has 6 nitrogen and oxygen atoms in total. The summed E-state index contributed by atoms with van der Waals surface area (Å²) in [5, 5.41) is 4.22. The van der Waals surface area contributed by atoms with Crippen LogP contribution in [-0.4, -0.2) is 22.1 Å². The fraction of sp³-hybridized carbons (Fsp3) is 0.143. The Hall–Kier alpha value is -2.76. The van der Waals surface area contributed by atoms with Gasteiger partial charge in [-0.3, -0.25) is 0 Å². The highest BCUT2D eigenvalue weighted by Crippen LogP contribution is 2.24. The average molecular weight is 269 g/mol. The molecule has 102 valence electrons. The Bertz CT molecular complexity index is 737. The second-order valence-electron chi connectivity index (χ2n) is 4.37. The van der Waals surface area contributed by atoms with E-state index in [1.54, 1.807) is 19.4 Å². The SMILES string of the molecule is COc1ccc(NCc2ncc3cc[nH]c3n2)c(N)c1. The van der Waals surface area contributed by atoms with Crippen LogP contribution >= 0.6 is 0 Å². The van der Waals surface area contributed by atoms with Gasteiger partial charge in [-0.05, 0) is 18.2 Å². The predicted molar refractivity (Wildman–Crippen MR) is 78.6 cm³/mol. The van der Waals surface area contributed by atoms with Crippen molar-refractivity contribution in [3.8, 4) is 5.75 Å². The molecule has 0 spiro atoms. The van der Waals surface area contributed by atoms with Crippen molar-refractivity contribution in [2.24, 2.45) is 0 Å². The molecule has 0 bridgehead atoms. The van der Waals surface area contributed by atoms with Crippen molar-refractivity contribution in [1.29, 1.82) is 0 Å². The van der Waals surface area contributed by atoms with Gasteiger partial charge in [-0.2, -0.15) is 0 Å². The van der Waals surface area contributed by atoms with Gasteiger partial charge in [0.1, 0.15) is 17.2 Å². The molecule has 1 aromatic carbocycles. The number of fused-ring (bicyclic) bond motifs is 1. The number of hydrogen-bond acceptors (Lipinski definition) is 5. The largest absolute Gasteiger partial charge is 0.497 e. The van der Waals surface area contributed by atoms with Gasteiger partial charge in [0, 0.05) is 23.8 Å². The number of anilines is 2. The van der Waals surface area contributed by atoms with Gasteiger partial charge >= 0.3 is 0 Å². The molecule has 0 unspecified atom stereocenters. The van der Waals surface area contributed by atoms with E-state index in [1.807, 2.05) is 24.4 Å². The van der Waals surface area contributed by atoms with Crippen molar-refractivity contribution >= 4 is 22.4 Å². The van der Waals surface area contributed by atoms with Crippen LogP contribution in [0, 0.1) is 0 Å². The van der Waals surface area contributed by atoms with Crippen LogP contribution in [0.25, 0.3) is 11.0 Å². The molecule has 0 saturated heterocycles. The zero-order valence-corrected chi connectivity index (χ0v) is 11.1. The summed E-state index contributed by atoms with van der Waals surface area (Å²) in [7, 11) is 1.61. The number of hydrogen-bond donors (Lipinski definition) is 3. The minimum atomic E-state index is 0.505. The molecular formula is C14H15N5O. The molecule has 0 radical (unpaired) electrons. The number of aromatic nitrogens is 3. The molecule has 2 aromatic heterocycles. The molecule has 20 heavy (non-hydrogen) atoms. The standard InChI is InChI=1S/C14H15N5O/c1-20-10-2-3-12(11(15)6-10)17-8-13-18-7-9-4-5-16-14(9)19-13/h2-7,17H,8,15H2,1H3,(H,16,18,19). The number of aromatic amines is 1. The van der Waals surface area contributed by atoms with E-state index < -0.39 is 0 Å². The van der Waals surface area contributed by atoms with Crippen molar-refractivity contribution in [1.82, 2.24) is 15.0 Å². The Balaban J connectivity index is 1.75. The van der Waals surface area contributed by atoms with Crippen molar-refractivity contribution in [3.05, 3.63) is 42.5 Å². The van der Waals surface area contributed by atoms with Crippen LogP contribution in [-0.2, 0) is 6.54 Å². The second kappa shape index (κ2) is 5.08. The van der Waals surface area contributed by atoms with Gasteiger partial charge < -0.3 is 20.8 Å². The van der Waals surface area contributed by atoms with E-state index in [1.165, 1.54) is 0 Å². The first kappa shape index (κ1) is 12.3. The van der Waals surface area contributed by atoms with Crippen LogP contribution in [0.1, 0.15) is 5.82 Å².